The lowest BCUT2D eigenvalue weighted by Gasteiger charge is -1.99. The fraction of sp³-hybridized carbons (Fsp3) is 0.800. The van der Waals surface area contributed by atoms with Gasteiger partial charge < -0.3 is 0 Å². The number of halogens is 3. The highest BCUT2D eigenvalue weighted by Gasteiger charge is 2.04. The minimum Gasteiger partial charge on any atom is -0.272 e. The third kappa shape index (κ3) is 5.01. The van der Waals surface area contributed by atoms with Gasteiger partial charge in [-0.25, -0.2) is 0 Å². The monoisotopic (exact) mass is 187 g/mol. The zero-order chi connectivity index (χ0) is 7.44. The Bertz CT molecular complexity index is 109. The van der Waals surface area contributed by atoms with Gasteiger partial charge in [0.2, 0.25) is 0 Å². The van der Waals surface area contributed by atoms with E-state index in [1.165, 1.54) is 0 Å². The molecule has 0 heterocycles. The highest BCUT2D eigenvalue weighted by Crippen LogP contribution is 2.08. The Balaban J connectivity index is 3.84. The molecule has 0 rings (SSSR count). The summed E-state index contributed by atoms with van der Waals surface area (Å²) in [6, 6.07) is 0.150. The van der Waals surface area contributed by atoms with E-state index < -0.39 is 4.84 Å². The molecule has 0 N–H and O–H groups in total. The van der Waals surface area contributed by atoms with Crippen molar-refractivity contribution < 1.29 is 0 Å². The van der Waals surface area contributed by atoms with Gasteiger partial charge in [0.1, 0.15) is 5.17 Å². The smallest absolute Gasteiger partial charge is 0.160 e. The summed E-state index contributed by atoms with van der Waals surface area (Å²) in [5, 5.41) is 0.258. The molecule has 0 aromatic heterocycles. The highest BCUT2D eigenvalue weighted by molar-refractivity contribution is 6.77. The molecule has 0 aliphatic rings. The van der Waals surface area contributed by atoms with Crippen LogP contribution < -0.4 is 0 Å². The molecule has 0 fully saturated rings. The van der Waals surface area contributed by atoms with Crippen molar-refractivity contribution in [2.24, 2.45) is 4.99 Å². The van der Waals surface area contributed by atoms with E-state index in [-0.39, 0.29) is 11.2 Å². The number of hydrogen-bond donors (Lipinski definition) is 0. The Morgan fingerprint density at radius 3 is 1.89 bits per heavy atom. The fourth-order valence-electron chi connectivity index (χ4n) is 0.303. The van der Waals surface area contributed by atoms with Crippen LogP contribution in [0, 0.1) is 0 Å². The lowest BCUT2D eigenvalue weighted by Crippen LogP contribution is -2.02. The lowest BCUT2D eigenvalue weighted by atomic mass is 10.4. The summed E-state index contributed by atoms with van der Waals surface area (Å²) in [5.74, 6) is 0. The van der Waals surface area contributed by atoms with Crippen LogP contribution in [0.1, 0.15) is 13.8 Å². The molecule has 1 nitrogen and oxygen atoms in total. The first-order chi connectivity index (χ1) is 4.04. The van der Waals surface area contributed by atoms with Crippen molar-refractivity contribution >= 4 is 40.0 Å². The van der Waals surface area contributed by atoms with Crippen LogP contribution in [0.25, 0.3) is 0 Å². The van der Waals surface area contributed by atoms with Crippen molar-refractivity contribution in [1.82, 2.24) is 0 Å². The summed E-state index contributed by atoms with van der Waals surface area (Å²) in [6.45, 7) is 3.80. The van der Waals surface area contributed by atoms with Gasteiger partial charge in [-0.05, 0) is 13.8 Å². The van der Waals surface area contributed by atoms with Gasteiger partial charge in [0, 0.05) is 6.04 Å². The minimum absolute atomic E-state index is 0.150. The maximum absolute atomic E-state index is 5.50. The number of aliphatic imine (C=N–C) groups is 1. The Morgan fingerprint density at radius 2 is 1.78 bits per heavy atom. The summed E-state index contributed by atoms with van der Waals surface area (Å²) < 4.78 is 0. The van der Waals surface area contributed by atoms with Crippen molar-refractivity contribution in [1.29, 1.82) is 0 Å². The minimum atomic E-state index is -0.686. The molecule has 0 atom stereocenters. The summed E-state index contributed by atoms with van der Waals surface area (Å²) >= 11 is 16.2. The van der Waals surface area contributed by atoms with E-state index in [0.717, 1.165) is 0 Å². The number of rotatable bonds is 2. The Morgan fingerprint density at radius 1 is 1.33 bits per heavy atom. The third-order valence-electron chi connectivity index (χ3n) is 0.562. The average molecular weight is 188 g/mol. The van der Waals surface area contributed by atoms with E-state index in [2.05, 4.69) is 4.99 Å². The standard InChI is InChI=1S/C5H8Cl3N/c1-3(2)9-5(8)4(6)7/h3-4H,1-2H3. The summed E-state index contributed by atoms with van der Waals surface area (Å²) in [5.41, 5.74) is 0. The highest BCUT2D eigenvalue weighted by atomic mass is 35.5. The summed E-state index contributed by atoms with van der Waals surface area (Å²) in [4.78, 5) is 3.21. The second-order valence-corrected chi connectivity index (χ2v) is 3.33. The van der Waals surface area contributed by atoms with Crippen molar-refractivity contribution in [3.63, 3.8) is 0 Å². The molecule has 0 unspecified atom stereocenters. The molecule has 0 radical (unpaired) electrons. The number of nitrogens with zero attached hydrogens (tertiary/aromatic N) is 1. The first-order valence-electron chi connectivity index (χ1n) is 2.55. The molecular formula is C5H8Cl3N. The molecule has 0 saturated heterocycles. The van der Waals surface area contributed by atoms with E-state index in [1.54, 1.807) is 0 Å². The molecule has 0 amide bonds. The van der Waals surface area contributed by atoms with Gasteiger partial charge >= 0.3 is 0 Å². The maximum atomic E-state index is 5.50. The van der Waals surface area contributed by atoms with E-state index in [1.807, 2.05) is 13.8 Å². The largest absolute Gasteiger partial charge is 0.272 e. The lowest BCUT2D eigenvalue weighted by molar-refractivity contribution is 0.838. The van der Waals surface area contributed by atoms with Gasteiger partial charge in [-0.3, -0.25) is 4.99 Å². The van der Waals surface area contributed by atoms with Crippen LogP contribution in [0.2, 0.25) is 0 Å². The van der Waals surface area contributed by atoms with Crippen LogP contribution >= 0.6 is 34.8 Å². The average Bonchev–Trinajstić information content (AvgIpc) is 1.63. The molecule has 54 valence electrons. The molecule has 0 saturated carbocycles. The molecule has 4 heteroatoms. The van der Waals surface area contributed by atoms with Crippen LogP contribution in [0.3, 0.4) is 0 Å². The van der Waals surface area contributed by atoms with Gasteiger partial charge in [0.15, 0.2) is 4.84 Å². The zero-order valence-corrected chi connectivity index (χ0v) is 7.50. The first kappa shape index (κ1) is 9.54. The molecule has 0 spiro atoms. The van der Waals surface area contributed by atoms with Crippen LogP contribution in [-0.2, 0) is 0 Å². The van der Waals surface area contributed by atoms with Gasteiger partial charge in [-0.1, -0.05) is 34.8 Å². The molecule has 0 aromatic carbocycles. The van der Waals surface area contributed by atoms with Crippen LogP contribution in [-0.4, -0.2) is 16.0 Å². The molecule has 9 heavy (non-hydrogen) atoms. The SMILES string of the molecule is CC(C)N=C(Cl)C(Cl)Cl. The van der Waals surface area contributed by atoms with E-state index >= 15 is 0 Å². The van der Waals surface area contributed by atoms with Crippen molar-refractivity contribution in [2.45, 2.75) is 24.7 Å². The topological polar surface area (TPSA) is 12.4 Å². The second-order valence-electron chi connectivity index (χ2n) is 1.85. The number of alkyl halides is 2. The normalized spacial score (nSPS) is 13.4. The van der Waals surface area contributed by atoms with Crippen LogP contribution in [0.15, 0.2) is 4.99 Å². The zero-order valence-electron chi connectivity index (χ0n) is 5.24. The maximum Gasteiger partial charge on any atom is 0.160 e. The molecule has 0 aliphatic heterocycles. The second kappa shape index (κ2) is 4.37. The van der Waals surface area contributed by atoms with Crippen LogP contribution in [0.5, 0.6) is 0 Å². The Hall–Kier alpha value is 0.540. The van der Waals surface area contributed by atoms with Gasteiger partial charge in [-0.2, -0.15) is 0 Å². The molecule has 0 bridgehead atoms. The van der Waals surface area contributed by atoms with Gasteiger partial charge in [-0.15, -0.1) is 0 Å². The van der Waals surface area contributed by atoms with Crippen LogP contribution in [0.4, 0.5) is 0 Å². The predicted octanol–water partition coefficient (Wildman–Crippen LogP) is 2.84. The molecule has 0 aromatic rings. The predicted molar refractivity (Wildman–Crippen MR) is 43.9 cm³/mol. The Kier molecular flexibility index (Phi) is 4.63. The van der Waals surface area contributed by atoms with Gasteiger partial charge in [0.25, 0.3) is 0 Å². The molecule has 0 aliphatic carbocycles. The van der Waals surface area contributed by atoms with Gasteiger partial charge in [0.05, 0.1) is 0 Å². The summed E-state index contributed by atoms with van der Waals surface area (Å²) in [6.07, 6.45) is 0. The van der Waals surface area contributed by atoms with Crippen molar-refractivity contribution in [3.05, 3.63) is 0 Å². The summed E-state index contributed by atoms with van der Waals surface area (Å²) in [7, 11) is 0. The third-order valence-corrected chi connectivity index (χ3v) is 1.51. The molecular weight excluding hydrogens is 180 g/mol. The number of hydrogen-bond acceptors (Lipinski definition) is 1. The van der Waals surface area contributed by atoms with Crippen molar-refractivity contribution in [3.8, 4) is 0 Å². The van der Waals surface area contributed by atoms with E-state index in [9.17, 15) is 0 Å². The van der Waals surface area contributed by atoms with E-state index in [4.69, 9.17) is 34.8 Å². The van der Waals surface area contributed by atoms with E-state index in [0.29, 0.717) is 0 Å². The first-order valence-corrected chi connectivity index (χ1v) is 3.80. The Labute approximate surface area is 70.0 Å². The van der Waals surface area contributed by atoms with Crippen molar-refractivity contribution in [2.75, 3.05) is 0 Å². The quantitative estimate of drug-likeness (QED) is 0.467. The fourth-order valence-corrected chi connectivity index (χ4v) is 0.611.